The van der Waals surface area contributed by atoms with Gasteiger partial charge in [-0.2, -0.15) is 0 Å². The predicted octanol–water partition coefficient (Wildman–Crippen LogP) is 2.28. The highest BCUT2D eigenvalue weighted by atomic mass is 16.5. The van der Waals surface area contributed by atoms with Crippen molar-refractivity contribution in [1.82, 2.24) is 9.97 Å². The molecule has 5 heteroatoms. The molecule has 100 valence electrons. The average molecular weight is 250 g/mol. The van der Waals surface area contributed by atoms with Crippen molar-refractivity contribution in [1.29, 1.82) is 0 Å². The fourth-order valence-corrected chi connectivity index (χ4v) is 2.18. The minimum absolute atomic E-state index is 0.478. The van der Waals surface area contributed by atoms with Gasteiger partial charge in [0.15, 0.2) is 0 Å². The Kier molecular flexibility index (Phi) is 5.20. The standard InChI is InChI=1S/C13H22N4O/c1-2-15-12-9-14-10-13(17-12)16-7-8-18-11-5-3-4-6-11/h9-11H,2-8H2,1H3,(H2,15,16,17). The van der Waals surface area contributed by atoms with E-state index in [1.165, 1.54) is 25.7 Å². The van der Waals surface area contributed by atoms with Crippen LogP contribution in [0.2, 0.25) is 0 Å². The van der Waals surface area contributed by atoms with Gasteiger partial charge in [-0.05, 0) is 19.8 Å². The Bertz CT molecular complexity index is 353. The van der Waals surface area contributed by atoms with Crippen LogP contribution >= 0.6 is 0 Å². The van der Waals surface area contributed by atoms with Gasteiger partial charge in [-0.3, -0.25) is 4.98 Å². The molecule has 2 rings (SSSR count). The molecule has 1 heterocycles. The van der Waals surface area contributed by atoms with E-state index in [0.29, 0.717) is 6.10 Å². The third kappa shape index (κ3) is 4.14. The van der Waals surface area contributed by atoms with Gasteiger partial charge in [0.1, 0.15) is 11.6 Å². The fourth-order valence-electron chi connectivity index (χ4n) is 2.18. The van der Waals surface area contributed by atoms with E-state index in [2.05, 4.69) is 20.6 Å². The third-order valence-corrected chi connectivity index (χ3v) is 3.06. The molecular formula is C13H22N4O. The molecular weight excluding hydrogens is 228 g/mol. The number of hydrogen-bond donors (Lipinski definition) is 2. The Morgan fingerprint density at radius 1 is 1.22 bits per heavy atom. The molecule has 1 aliphatic carbocycles. The van der Waals surface area contributed by atoms with Crippen LogP contribution in [0.25, 0.3) is 0 Å². The summed E-state index contributed by atoms with van der Waals surface area (Å²) in [6.45, 7) is 4.40. The second kappa shape index (κ2) is 7.16. The summed E-state index contributed by atoms with van der Waals surface area (Å²) in [5.41, 5.74) is 0. The van der Waals surface area contributed by atoms with Crippen LogP contribution in [0.4, 0.5) is 11.6 Å². The van der Waals surface area contributed by atoms with Crippen LogP contribution in [0.15, 0.2) is 12.4 Å². The summed E-state index contributed by atoms with van der Waals surface area (Å²) in [4.78, 5) is 8.52. The molecule has 2 N–H and O–H groups in total. The van der Waals surface area contributed by atoms with E-state index >= 15 is 0 Å². The van der Waals surface area contributed by atoms with Crippen LogP contribution in [0.3, 0.4) is 0 Å². The highest BCUT2D eigenvalue weighted by molar-refractivity contribution is 5.41. The molecule has 0 aliphatic heterocycles. The van der Waals surface area contributed by atoms with E-state index in [-0.39, 0.29) is 0 Å². The van der Waals surface area contributed by atoms with Crippen molar-refractivity contribution in [3.05, 3.63) is 12.4 Å². The van der Waals surface area contributed by atoms with Crippen LogP contribution < -0.4 is 10.6 Å². The van der Waals surface area contributed by atoms with Crippen molar-refractivity contribution in [3.63, 3.8) is 0 Å². The van der Waals surface area contributed by atoms with Crippen LogP contribution in [0.1, 0.15) is 32.6 Å². The van der Waals surface area contributed by atoms with E-state index in [0.717, 1.165) is 31.3 Å². The second-order valence-electron chi connectivity index (χ2n) is 4.52. The lowest BCUT2D eigenvalue weighted by Crippen LogP contribution is -2.16. The molecule has 0 aromatic carbocycles. The van der Waals surface area contributed by atoms with Crippen LogP contribution in [0.5, 0.6) is 0 Å². The smallest absolute Gasteiger partial charge is 0.147 e. The molecule has 1 aromatic heterocycles. The monoisotopic (exact) mass is 250 g/mol. The summed E-state index contributed by atoms with van der Waals surface area (Å²) in [6, 6.07) is 0. The van der Waals surface area contributed by atoms with Gasteiger partial charge in [0.25, 0.3) is 0 Å². The van der Waals surface area contributed by atoms with Gasteiger partial charge < -0.3 is 15.4 Å². The van der Waals surface area contributed by atoms with E-state index < -0.39 is 0 Å². The maximum atomic E-state index is 5.78. The van der Waals surface area contributed by atoms with Crippen LogP contribution in [-0.2, 0) is 4.74 Å². The third-order valence-electron chi connectivity index (χ3n) is 3.06. The first-order chi connectivity index (χ1) is 8.88. The number of nitrogens with one attached hydrogen (secondary N) is 2. The van der Waals surface area contributed by atoms with Gasteiger partial charge in [-0.25, -0.2) is 4.98 Å². The molecule has 18 heavy (non-hydrogen) atoms. The van der Waals surface area contributed by atoms with E-state index in [1.807, 2.05) is 6.92 Å². The largest absolute Gasteiger partial charge is 0.376 e. The highest BCUT2D eigenvalue weighted by Crippen LogP contribution is 2.20. The second-order valence-corrected chi connectivity index (χ2v) is 4.52. The lowest BCUT2D eigenvalue weighted by Gasteiger charge is -2.12. The Morgan fingerprint density at radius 3 is 2.67 bits per heavy atom. The zero-order valence-corrected chi connectivity index (χ0v) is 11.0. The van der Waals surface area contributed by atoms with Crippen molar-refractivity contribution >= 4 is 11.6 Å². The maximum Gasteiger partial charge on any atom is 0.147 e. The Hall–Kier alpha value is -1.36. The van der Waals surface area contributed by atoms with Gasteiger partial charge in [0, 0.05) is 13.1 Å². The van der Waals surface area contributed by atoms with Crippen LogP contribution in [-0.4, -0.2) is 35.8 Å². The molecule has 1 aliphatic rings. The predicted molar refractivity (Wildman–Crippen MR) is 72.9 cm³/mol. The molecule has 0 bridgehead atoms. The molecule has 5 nitrogen and oxygen atoms in total. The summed E-state index contributed by atoms with van der Waals surface area (Å²) in [5.74, 6) is 1.60. The Labute approximate surface area is 108 Å². The molecule has 0 atom stereocenters. The minimum atomic E-state index is 0.478. The number of rotatable bonds is 7. The quantitative estimate of drug-likeness (QED) is 0.727. The molecule has 0 spiro atoms. The Balaban J connectivity index is 1.67. The summed E-state index contributed by atoms with van der Waals surface area (Å²) in [6.07, 6.45) is 9.00. The average Bonchev–Trinajstić information content (AvgIpc) is 2.89. The zero-order chi connectivity index (χ0) is 12.6. The zero-order valence-electron chi connectivity index (χ0n) is 11.0. The van der Waals surface area contributed by atoms with Crippen molar-refractivity contribution in [3.8, 4) is 0 Å². The summed E-state index contributed by atoms with van der Waals surface area (Å²) >= 11 is 0. The lowest BCUT2D eigenvalue weighted by molar-refractivity contribution is 0.0658. The van der Waals surface area contributed by atoms with Gasteiger partial charge in [0.05, 0.1) is 25.1 Å². The van der Waals surface area contributed by atoms with Crippen molar-refractivity contribution in [2.75, 3.05) is 30.3 Å². The van der Waals surface area contributed by atoms with Gasteiger partial charge in [-0.15, -0.1) is 0 Å². The van der Waals surface area contributed by atoms with Gasteiger partial charge >= 0.3 is 0 Å². The number of ether oxygens (including phenoxy) is 1. The molecule has 1 saturated carbocycles. The van der Waals surface area contributed by atoms with Gasteiger partial charge in [-0.1, -0.05) is 12.8 Å². The number of nitrogens with zero attached hydrogens (tertiary/aromatic N) is 2. The number of aromatic nitrogens is 2. The van der Waals surface area contributed by atoms with E-state index in [4.69, 9.17) is 4.74 Å². The SMILES string of the molecule is CCNc1cncc(NCCOC2CCCC2)n1. The molecule has 1 aromatic rings. The topological polar surface area (TPSA) is 59.1 Å². The van der Waals surface area contributed by atoms with Crippen LogP contribution in [0, 0.1) is 0 Å². The normalized spacial score (nSPS) is 15.8. The maximum absolute atomic E-state index is 5.78. The number of hydrogen-bond acceptors (Lipinski definition) is 5. The minimum Gasteiger partial charge on any atom is -0.376 e. The van der Waals surface area contributed by atoms with Crippen molar-refractivity contribution in [2.45, 2.75) is 38.7 Å². The molecule has 1 fully saturated rings. The van der Waals surface area contributed by atoms with Crippen molar-refractivity contribution in [2.24, 2.45) is 0 Å². The summed E-state index contributed by atoms with van der Waals surface area (Å²) in [5, 5.41) is 6.37. The summed E-state index contributed by atoms with van der Waals surface area (Å²) < 4.78 is 5.78. The fraction of sp³-hybridized carbons (Fsp3) is 0.692. The Morgan fingerprint density at radius 2 is 1.94 bits per heavy atom. The molecule has 0 saturated heterocycles. The highest BCUT2D eigenvalue weighted by Gasteiger charge is 2.14. The first-order valence-corrected chi connectivity index (χ1v) is 6.80. The number of anilines is 2. The molecule has 0 radical (unpaired) electrons. The lowest BCUT2D eigenvalue weighted by atomic mass is 10.3. The first-order valence-electron chi connectivity index (χ1n) is 6.80. The van der Waals surface area contributed by atoms with Gasteiger partial charge in [0.2, 0.25) is 0 Å². The van der Waals surface area contributed by atoms with E-state index in [1.54, 1.807) is 12.4 Å². The summed E-state index contributed by atoms with van der Waals surface area (Å²) in [7, 11) is 0. The van der Waals surface area contributed by atoms with E-state index in [9.17, 15) is 0 Å². The van der Waals surface area contributed by atoms with Crippen molar-refractivity contribution < 1.29 is 4.74 Å². The molecule has 0 amide bonds. The molecule has 0 unspecified atom stereocenters. The first kappa shape index (κ1) is 13.1.